The third-order valence-corrected chi connectivity index (χ3v) is 7.11. The normalized spacial score (nSPS) is 31.5. The van der Waals surface area contributed by atoms with Crippen LogP contribution >= 0.6 is 0 Å². The van der Waals surface area contributed by atoms with Crippen molar-refractivity contribution < 1.29 is 34.1 Å². The SMILES string of the molecule is CC1(N)C(O)=C(C(N)=O)C(=O)[C@@]2(O)C(O)=C3C(=O)c4c(c(N)cc5[nH]c(=O)oc45)C[C@H]3C[C@@H]12. The summed E-state index contributed by atoms with van der Waals surface area (Å²) in [6.07, 6.45) is -0.00832. The van der Waals surface area contributed by atoms with Crippen LogP contribution in [0.1, 0.15) is 29.3 Å². The van der Waals surface area contributed by atoms with Crippen molar-refractivity contribution in [2.45, 2.75) is 30.9 Å². The van der Waals surface area contributed by atoms with Gasteiger partial charge in [0.15, 0.2) is 17.0 Å². The summed E-state index contributed by atoms with van der Waals surface area (Å²) in [4.78, 5) is 52.7. The molecule has 10 N–H and O–H groups in total. The van der Waals surface area contributed by atoms with E-state index >= 15 is 0 Å². The number of Topliss-reactive ketones (excluding diaryl/α,β-unsaturated/α-hetero) is 2. The molecule has 4 atom stereocenters. The third kappa shape index (κ3) is 2.36. The average molecular weight is 456 g/mol. The molecule has 1 unspecified atom stereocenters. The van der Waals surface area contributed by atoms with Crippen molar-refractivity contribution in [3.63, 3.8) is 0 Å². The van der Waals surface area contributed by atoms with Crippen LogP contribution in [0.3, 0.4) is 0 Å². The molecule has 3 aliphatic rings. The first-order chi connectivity index (χ1) is 15.3. The van der Waals surface area contributed by atoms with Crippen LogP contribution in [0.4, 0.5) is 5.69 Å². The van der Waals surface area contributed by atoms with E-state index in [9.17, 15) is 34.5 Å². The van der Waals surface area contributed by atoms with Crippen molar-refractivity contribution in [3.05, 3.63) is 50.4 Å². The van der Waals surface area contributed by atoms with E-state index in [-0.39, 0.29) is 40.8 Å². The highest BCUT2D eigenvalue weighted by molar-refractivity contribution is 6.25. The van der Waals surface area contributed by atoms with E-state index in [4.69, 9.17) is 21.6 Å². The number of hydrogen-bond acceptors (Lipinski definition) is 10. The van der Waals surface area contributed by atoms with Gasteiger partial charge in [0.1, 0.15) is 17.1 Å². The number of hydrogen-bond donors (Lipinski definition) is 7. The number of anilines is 1. The zero-order chi connectivity index (χ0) is 24.2. The first kappa shape index (κ1) is 21.0. The van der Waals surface area contributed by atoms with Gasteiger partial charge in [-0.1, -0.05) is 0 Å². The van der Waals surface area contributed by atoms with Crippen LogP contribution in [0.25, 0.3) is 11.1 Å². The molecule has 1 amide bonds. The molecule has 5 rings (SSSR count). The van der Waals surface area contributed by atoms with Gasteiger partial charge in [-0.2, -0.15) is 0 Å². The minimum atomic E-state index is -2.78. The van der Waals surface area contributed by atoms with Crippen LogP contribution in [0.5, 0.6) is 0 Å². The first-order valence-corrected chi connectivity index (χ1v) is 10.0. The minimum absolute atomic E-state index is 0.0731. The molecule has 0 saturated heterocycles. The number of H-pyrrole nitrogens is 1. The molecule has 3 aliphatic carbocycles. The molecule has 12 nitrogen and oxygen atoms in total. The zero-order valence-electron chi connectivity index (χ0n) is 17.3. The van der Waals surface area contributed by atoms with Gasteiger partial charge in [0, 0.05) is 17.2 Å². The van der Waals surface area contributed by atoms with Gasteiger partial charge < -0.3 is 36.9 Å². The number of oxazole rings is 1. The van der Waals surface area contributed by atoms with Gasteiger partial charge in [0.2, 0.25) is 5.78 Å². The lowest BCUT2D eigenvalue weighted by atomic mass is 9.55. The lowest BCUT2D eigenvalue weighted by molar-refractivity contribution is -0.148. The van der Waals surface area contributed by atoms with Gasteiger partial charge in [0.25, 0.3) is 5.91 Å². The number of nitrogens with one attached hydrogen (secondary N) is 1. The fourth-order valence-corrected chi connectivity index (χ4v) is 5.51. The van der Waals surface area contributed by atoms with E-state index in [1.54, 1.807) is 0 Å². The van der Waals surface area contributed by atoms with Crippen molar-refractivity contribution in [1.82, 2.24) is 4.98 Å². The van der Waals surface area contributed by atoms with Crippen LogP contribution in [0, 0.1) is 11.8 Å². The van der Waals surface area contributed by atoms with Gasteiger partial charge in [-0.15, -0.1) is 0 Å². The molecule has 1 heterocycles. The summed E-state index contributed by atoms with van der Waals surface area (Å²) in [6, 6.07) is 1.45. The topological polar surface area (TPSA) is 236 Å². The lowest BCUT2D eigenvalue weighted by Crippen LogP contribution is -2.68. The maximum atomic E-state index is 13.5. The molecular weight excluding hydrogens is 436 g/mol. The van der Waals surface area contributed by atoms with Gasteiger partial charge in [-0.25, -0.2) is 4.79 Å². The Morgan fingerprint density at radius 3 is 2.55 bits per heavy atom. The average Bonchev–Trinajstić information content (AvgIpc) is 3.08. The molecule has 1 aromatic heterocycles. The molecule has 0 radical (unpaired) electrons. The van der Waals surface area contributed by atoms with Crippen molar-refractivity contribution in [3.8, 4) is 0 Å². The number of aromatic amines is 1. The second kappa shape index (κ2) is 6.11. The Kier molecular flexibility index (Phi) is 3.89. The number of fused-ring (bicyclic) bond motifs is 5. The fourth-order valence-electron chi connectivity index (χ4n) is 5.51. The monoisotopic (exact) mass is 456 g/mol. The Bertz CT molecular complexity index is 1440. The number of nitrogen functional groups attached to an aromatic ring is 1. The van der Waals surface area contributed by atoms with Crippen molar-refractivity contribution in [1.29, 1.82) is 0 Å². The molecule has 172 valence electrons. The van der Waals surface area contributed by atoms with Crippen LogP contribution in [0.15, 0.2) is 37.9 Å². The second-order valence-electron chi connectivity index (χ2n) is 8.96. The number of amides is 1. The minimum Gasteiger partial charge on any atom is -0.509 e. The Balaban J connectivity index is 1.79. The Morgan fingerprint density at radius 1 is 1.24 bits per heavy atom. The number of primary amides is 1. The summed E-state index contributed by atoms with van der Waals surface area (Å²) in [5, 5.41) is 33.1. The van der Waals surface area contributed by atoms with E-state index < -0.39 is 63.3 Å². The molecule has 12 heteroatoms. The van der Waals surface area contributed by atoms with E-state index in [0.29, 0.717) is 5.56 Å². The van der Waals surface area contributed by atoms with Crippen LogP contribution in [-0.2, 0) is 16.0 Å². The summed E-state index contributed by atoms with van der Waals surface area (Å²) in [7, 11) is 0. The van der Waals surface area contributed by atoms with Crippen LogP contribution in [0.2, 0.25) is 0 Å². The van der Waals surface area contributed by atoms with E-state index in [2.05, 4.69) is 4.98 Å². The number of ketones is 2. The Hall–Kier alpha value is -3.90. The summed E-state index contributed by atoms with van der Waals surface area (Å²) < 4.78 is 5.11. The predicted octanol–water partition coefficient (Wildman–Crippen LogP) is -0.781. The number of benzene rings is 1. The maximum Gasteiger partial charge on any atom is 0.417 e. The Morgan fingerprint density at radius 2 is 1.91 bits per heavy atom. The number of carbonyl (C=O) groups is 3. The number of rotatable bonds is 1. The van der Waals surface area contributed by atoms with E-state index in [1.165, 1.54) is 13.0 Å². The highest BCUT2D eigenvalue weighted by Gasteiger charge is 2.65. The molecule has 0 aliphatic heterocycles. The molecular formula is C21H20N4O8. The van der Waals surface area contributed by atoms with E-state index in [1.807, 2.05) is 0 Å². The van der Waals surface area contributed by atoms with Gasteiger partial charge in [-0.3, -0.25) is 19.4 Å². The predicted molar refractivity (Wildman–Crippen MR) is 112 cm³/mol. The molecule has 0 bridgehead atoms. The highest BCUT2D eigenvalue weighted by atomic mass is 16.4. The third-order valence-electron chi connectivity index (χ3n) is 7.11. The molecule has 2 aromatic rings. The quantitative estimate of drug-likeness (QED) is 0.209. The Labute approximate surface area is 184 Å². The summed E-state index contributed by atoms with van der Waals surface area (Å²) in [5.41, 5.74) is 12.4. The van der Waals surface area contributed by atoms with Crippen LogP contribution in [-0.4, -0.2) is 48.9 Å². The maximum absolute atomic E-state index is 13.5. The first-order valence-electron chi connectivity index (χ1n) is 10.0. The molecule has 0 fully saturated rings. The fraction of sp³-hybridized carbons (Fsp3) is 0.333. The number of carbonyl (C=O) groups excluding carboxylic acids is 3. The zero-order valence-corrected chi connectivity index (χ0v) is 17.3. The second-order valence-corrected chi connectivity index (χ2v) is 8.96. The number of aliphatic hydroxyl groups is 3. The van der Waals surface area contributed by atoms with Crippen molar-refractivity contribution in [2.75, 3.05) is 5.73 Å². The molecule has 0 spiro atoms. The lowest BCUT2D eigenvalue weighted by Gasteiger charge is -2.51. The van der Waals surface area contributed by atoms with Crippen LogP contribution < -0.4 is 23.0 Å². The van der Waals surface area contributed by atoms with Gasteiger partial charge >= 0.3 is 5.76 Å². The van der Waals surface area contributed by atoms with Crippen molar-refractivity contribution >= 4 is 34.3 Å². The highest BCUT2D eigenvalue weighted by Crippen LogP contribution is 2.53. The van der Waals surface area contributed by atoms with Gasteiger partial charge in [-0.05, 0) is 37.3 Å². The van der Waals surface area contributed by atoms with Gasteiger partial charge in [0.05, 0.1) is 16.6 Å². The summed E-state index contributed by atoms with van der Waals surface area (Å²) in [5.74, 6) is -8.13. The number of aromatic nitrogens is 1. The number of nitrogens with two attached hydrogens (primary N) is 3. The molecule has 1 aromatic carbocycles. The standard InChI is InChI=1S/C21H20N4O8/c1-20(24)9-3-5-2-6-7(22)4-8-14(33-19(31)25-8)11(6)13(26)10(5)16(28)21(9,32)17(29)12(15(20)27)18(23)30/h4-5,9,27-28,32H,2-3,22,24H2,1H3,(H2,23,30)(H,25,31)/t5-,9-,20?,21-/m0/s1. The summed E-state index contributed by atoms with van der Waals surface area (Å²) in [6.45, 7) is 1.29. The van der Waals surface area contributed by atoms with Crippen molar-refractivity contribution in [2.24, 2.45) is 23.3 Å². The summed E-state index contributed by atoms with van der Waals surface area (Å²) >= 11 is 0. The largest absolute Gasteiger partial charge is 0.509 e. The number of aliphatic hydroxyl groups excluding tert-OH is 2. The molecule has 33 heavy (non-hydrogen) atoms. The smallest absolute Gasteiger partial charge is 0.417 e. The number of allylic oxidation sites excluding steroid dienone is 1. The van der Waals surface area contributed by atoms with E-state index in [0.717, 1.165) is 0 Å². The molecule has 0 saturated carbocycles.